The van der Waals surface area contributed by atoms with Gasteiger partial charge in [-0.25, -0.2) is 0 Å². The molecule has 60 valence electrons. The summed E-state index contributed by atoms with van der Waals surface area (Å²) in [6.45, 7) is 7.87. The molecule has 0 aromatic rings. The van der Waals surface area contributed by atoms with Crippen LogP contribution in [0.2, 0.25) is 0 Å². The molecule has 0 aliphatic heterocycles. The van der Waals surface area contributed by atoms with E-state index < -0.39 is 0 Å². The van der Waals surface area contributed by atoms with E-state index >= 15 is 0 Å². The van der Waals surface area contributed by atoms with E-state index in [0.717, 1.165) is 6.42 Å². The number of hydrogen-bond acceptors (Lipinski definition) is 1. The monoisotopic (exact) mass is 206 g/mol. The average molecular weight is 207 g/mol. The van der Waals surface area contributed by atoms with Crippen molar-refractivity contribution >= 4 is 21.7 Å². The third-order valence-corrected chi connectivity index (χ3v) is 2.33. The van der Waals surface area contributed by atoms with Gasteiger partial charge >= 0.3 is 0 Å². The molecule has 0 N–H and O–H groups in total. The van der Waals surface area contributed by atoms with Crippen molar-refractivity contribution in [2.24, 2.45) is 5.41 Å². The van der Waals surface area contributed by atoms with E-state index in [-0.39, 0.29) is 16.0 Å². The van der Waals surface area contributed by atoms with Crippen LogP contribution < -0.4 is 0 Å². The zero-order chi connectivity index (χ0) is 8.36. The van der Waals surface area contributed by atoms with Gasteiger partial charge in [0.05, 0.1) is 4.83 Å². The molecule has 1 unspecified atom stereocenters. The molecule has 2 heteroatoms. The molecule has 0 fully saturated rings. The number of hydrogen-bond donors (Lipinski definition) is 0. The second kappa shape index (κ2) is 3.51. The summed E-state index contributed by atoms with van der Waals surface area (Å²) >= 11 is 3.27. The smallest absolute Gasteiger partial charge is 0.151 e. The molecule has 0 heterocycles. The highest BCUT2D eigenvalue weighted by molar-refractivity contribution is 9.10. The Bertz CT molecular complexity index is 127. The van der Waals surface area contributed by atoms with Crippen LogP contribution >= 0.6 is 15.9 Å². The van der Waals surface area contributed by atoms with Crippen LogP contribution in [0.1, 0.15) is 34.1 Å². The van der Waals surface area contributed by atoms with E-state index in [9.17, 15) is 4.79 Å². The summed E-state index contributed by atoms with van der Waals surface area (Å²) in [6.07, 6.45) is 0.905. The van der Waals surface area contributed by atoms with Crippen molar-refractivity contribution in [2.75, 3.05) is 0 Å². The lowest BCUT2D eigenvalue weighted by Crippen LogP contribution is -2.28. The van der Waals surface area contributed by atoms with Gasteiger partial charge in [-0.05, 0) is 13.3 Å². The van der Waals surface area contributed by atoms with Gasteiger partial charge < -0.3 is 0 Å². The van der Waals surface area contributed by atoms with Gasteiger partial charge in [0, 0.05) is 5.41 Å². The first-order chi connectivity index (χ1) is 4.41. The van der Waals surface area contributed by atoms with Gasteiger partial charge in [0.1, 0.15) is 0 Å². The number of alkyl halides is 1. The molecule has 0 radical (unpaired) electrons. The fourth-order valence-electron chi connectivity index (χ4n) is 0.713. The van der Waals surface area contributed by atoms with Gasteiger partial charge in [-0.15, -0.1) is 0 Å². The molecule has 0 spiro atoms. The minimum absolute atomic E-state index is 0.0116. The van der Waals surface area contributed by atoms with E-state index in [1.165, 1.54) is 0 Å². The summed E-state index contributed by atoms with van der Waals surface area (Å²) in [5, 5.41) is 0. The lowest BCUT2D eigenvalue weighted by Gasteiger charge is -2.21. The summed E-state index contributed by atoms with van der Waals surface area (Å²) in [5.41, 5.74) is -0.164. The van der Waals surface area contributed by atoms with Crippen molar-refractivity contribution in [3.63, 3.8) is 0 Å². The van der Waals surface area contributed by atoms with E-state index in [2.05, 4.69) is 15.9 Å². The third-order valence-electron chi connectivity index (χ3n) is 1.91. The Kier molecular flexibility index (Phi) is 3.57. The fourth-order valence-corrected chi connectivity index (χ4v) is 1.33. The van der Waals surface area contributed by atoms with Gasteiger partial charge in [0.2, 0.25) is 0 Å². The number of carbonyl (C=O) groups excluding carboxylic acids is 1. The van der Waals surface area contributed by atoms with E-state index in [4.69, 9.17) is 0 Å². The second-order valence-electron chi connectivity index (χ2n) is 3.22. The van der Waals surface area contributed by atoms with Crippen LogP contribution in [0.25, 0.3) is 0 Å². The Labute approximate surface area is 71.3 Å². The first-order valence-corrected chi connectivity index (χ1v) is 4.51. The van der Waals surface area contributed by atoms with Crippen molar-refractivity contribution in [3.05, 3.63) is 0 Å². The molecule has 0 aliphatic rings. The quantitative estimate of drug-likeness (QED) is 0.650. The van der Waals surface area contributed by atoms with Gasteiger partial charge in [0.25, 0.3) is 0 Å². The molecule has 0 saturated carbocycles. The summed E-state index contributed by atoms with van der Waals surface area (Å²) in [4.78, 5) is 11.3. The SMILES string of the molecule is CCC(C)(C)C(=O)C(C)Br. The Morgan fingerprint density at radius 2 is 2.00 bits per heavy atom. The van der Waals surface area contributed by atoms with Gasteiger partial charge in [0.15, 0.2) is 5.78 Å². The first kappa shape index (κ1) is 10.2. The molecule has 0 aliphatic carbocycles. The van der Waals surface area contributed by atoms with Crippen LogP contribution in [0.5, 0.6) is 0 Å². The van der Waals surface area contributed by atoms with Crippen LogP contribution in [-0.4, -0.2) is 10.6 Å². The number of ketones is 1. The summed E-state index contributed by atoms with van der Waals surface area (Å²) in [6, 6.07) is 0. The predicted molar refractivity (Wildman–Crippen MR) is 47.5 cm³/mol. The molecular formula is C8H15BrO. The number of halogens is 1. The molecular weight excluding hydrogens is 192 g/mol. The lowest BCUT2D eigenvalue weighted by molar-refractivity contribution is -0.126. The number of rotatable bonds is 3. The molecule has 0 rings (SSSR count). The Hall–Kier alpha value is 0.150. The highest BCUT2D eigenvalue weighted by Gasteiger charge is 2.27. The van der Waals surface area contributed by atoms with Crippen molar-refractivity contribution in [2.45, 2.75) is 38.9 Å². The maximum Gasteiger partial charge on any atom is 0.151 e. The highest BCUT2D eigenvalue weighted by atomic mass is 79.9. The van der Waals surface area contributed by atoms with E-state index in [1.54, 1.807) is 0 Å². The third kappa shape index (κ3) is 2.41. The summed E-state index contributed by atoms with van der Waals surface area (Å²) < 4.78 is 0. The summed E-state index contributed by atoms with van der Waals surface area (Å²) in [5.74, 6) is 0.287. The average Bonchev–Trinajstić information content (AvgIpc) is 1.86. The minimum Gasteiger partial charge on any atom is -0.298 e. The molecule has 0 bridgehead atoms. The standard InChI is InChI=1S/C8H15BrO/c1-5-8(3,4)7(10)6(2)9/h6H,5H2,1-4H3. The second-order valence-corrected chi connectivity index (χ2v) is 4.59. The van der Waals surface area contributed by atoms with Crippen molar-refractivity contribution in [1.29, 1.82) is 0 Å². The van der Waals surface area contributed by atoms with Crippen molar-refractivity contribution in [1.82, 2.24) is 0 Å². The number of carbonyl (C=O) groups is 1. The zero-order valence-electron chi connectivity index (χ0n) is 7.07. The van der Waals surface area contributed by atoms with Crippen LogP contribution in [0.15, 0.2) is 0 Å². The molecule has 0 aromatic carbocycles. The van der Waals surface area contributed by atoms with Gasteiger partial charge in [-0.2, -0.15) is 0 Å². The largest absolute Gasteiger partial charge is 0.298 e. The molecule has 1 atom stereocenters. The Morgan fingerprint density at radius 1 is 1.60 bits per heavy atom. The molecule has 1 nitrogen and oxygen atoms in total. The first-order valence-electron chi connectivity index (χ1n) is 3.60. The van der Waals surface area contributed by atoms with Gasteiger partial charge in [-0.3, -0.25) is 4.79 Å². The molecule has 0 aromatic heterocycles. The normalized spacial score (nSPS) is 14.9. The van der Waals surface area contributed by atoms with Crippen molar-refractivity contribution < 1.29 is 4.79 Å². The van der Waals surface area contributed by atoms with E-state index in [0.29, 0.717) is 0 Å². The number of Topliss-reactive ketones (excluding diaryl/α,β-unsaturated/α-hetero) is 1. The van der Waals surface area contributed by atoms with Crippen LogP contribution in [0, 0.1) is 5.41 Å². The lowest BCUT2D eigenvalue weighted by atomic mass is 9.84. The molecule has 0 saturated heterocycles. The van der Waals surface area contributed by atoms with Crippen LogP contribution in [0.3, 0.4) is 0 Å². The van der Waals surface area contributed by atoms with Gasteiger partial charge in [-0.1, -0.05) is 36.7 Å². The summed E-state index contributed by atoms with van der Waals surface area (Å²) in [7, 11) is 0. The van der Waals surface area contributed by atoms with Crippen LogP contribution in [0.4, 0.5) is 0 Å². The van der Waals surface area contributed by atoms with E-state index in [1.807, 2.05) is 27.7 Å². The predicted octanol–water partition coefficient (Wildman–Crippen LogP) is 2.78. The minimum atomic E-state index is -0.164. The highest BCUT2D eigenvalue weighted by Crippen LogP contribution is 2.24. The molecule has 10 heavy (non-hydrogen) atoms. The fraction of sp³-hybridized carbons (Fsp3) is 0.875. The van der Waals surface area contributed by atoms with Crippen LogP contribution in [-0.2, 0) is 4.79 Å². The topological polar surface area (TPSA) is 17.1 Å². The molecule has 0 amide bonds. The zero-order valence-corrected chi connectivity index (χ0v) is 8.66. The van der Waals surface area contributed by atoms with Crippen molar-refractivity contribution in [3.8, 4) is 0 Å². The maximum absolute atomic E-state index is 11.3. The maximum atomic E-state index is 11.3. The Morgan fingerprint density at radius 3 is 2.10 bits per heavy atom. The Balaban J connectivity index is 4.19.